The number of ether oxygens (including phenoxy) is 2. The second-order valence-electron chi connectivity index (χ2n) is 9.85. The second kappa shape index (κ2) is 8.61. The van der Waals surface area contributed by atoms with E-state index in [-0.39, 0.29) is 0 Å². The van der Waals surface area contributed by atoms with Gasteiger partial charge in [-0.1, -0.05) is 13.0 Å². The largest absolute Gasteiger partial charge is 0.493 e. The lowest BCUT2D eigenvalue weighted by atomic mass is 9.86. The molecule has 0 fully saturated rings. The first kappa shape index (κ1) is 23.2. The van der Waals surface area contributed by atoms with Crippen molar-refractivity contribution in [1.82, 2.24) is 9.97 Å². The van der Waals surface area contributed by atoms with Gasteiger partial charge in [0.2, 0.25) is 0 Å². The van der Waals surface area contributed by atoms with Crippen molar-refractivity contribution in [3.63, 3.8) is 0 Å². The lowest BCUT2D eigenvalue weighted by Gasteiger charge is -2.30. The van der Waals surface area contributed by atoms with Crippen LogP contribution in [0.3, 0.4) is 0 Å². The molecular formula is C29H30N2O4. The number of nitrogens with zero attached hydrogens (tertiary/aromatic N) is 2. The maximum Gasteiger partial charge on any atom is 0.337 e. The predicted octanol–water partition coefficient (Wildman–Crippen LogP) is 6.33. The highest BCUT2D eigenvalue weighted by molar-refractivity contribution is 6.08. The average Bonchev–Trinajstić information content (AvgIpc) is 2.82. The Morgan fingerprint density at radius 3 is 2.74 bits per heavy atom. The van der Waals surface area contributed by atoms with Crippen LogP contribution < -0.4 is 4.74 Å². The minimum atomic E-state index is -1.15. The zero-order valence-corrected chi connectivity index (χ0v) is 20.8. The van der Waals surface area contributed by atoms with E-state index >= 15 is 0 Å². The Morgan fingerprint density at radius 1 is 1.20 bits per heavy atom. The molecule has 5 rings (SSSR count). The molecule has 35 heavy (non-hydrogen) atoms. The van der Waals surface area contributed by atoms with E-state index in [4.69, 9.17) is 19.4 Å². The van der Waals surface area contributed by atoms with Crippen LogP contribution in [0.4, 0.5) is 0 Å². The van der Waals surface area contributed by atoms with Crippen molar-refractivity contribution in [2.45, 2.75) is 59.2 Å². The zero-order chi connectivity index (χ0) is 24.9. The van der Waals surface area contributed by atoms with Crippen LogP contribution in [0.2, 0.25) is 0 Å². The molecule has 6 nitrogen and oxygen atoms in total. The molecule has 1 aliphatic rings. The van der Waals surface area contributed by atoms with E-state index < -0.39 is 17.7 Å². The molecule has 2 aromatic carbocycles. The van der Waals surface area contributed by atoms with Gasteiger partial charge in [0.25, 0.3) is 0 Å². The number of carboxylic acid groups (broad SMARTS) is 1. The Bertz CT molecular complexity index is 1470. The van der Waals surface area contributed by atoms with Crippen molar-refractivity contribution in [3.8, 4) is 16.9 Å². The summed E-state index contributed by atoms with van der Waals surface area (Å²) >= 11 is 0. The van der Waals surface area contributed by atoms with Crippen LogP contribution in [0.15, 0.2) is 42.6 Å². The Hall–Kier alpha value is -3.51. The van der Waals surface area contributed by atoms with Gasteiger partial charge in [-0.2, -0.15) is 0 Å². The first-order valence-corrected chi connectivity index (χ1v) is 12.1. The summed E-state index contributed by atoms with van der Waals surface area (Å²) in [5, 5.41) is 12.2. The van der Waals surface area contributed by atoms with E-state index in [9.17, 15) is 9.90 Å². The fourth-order valence-corrected chi connectivity index (χ4v) is 4.89. The summed E-state index contributed by atoms with van der Waals surface area (Å²) in [5.74, 6) is -0.210. The van der Waals surface area contributed by atoms with Crippen molar-refractivity contribution in [3.05, 3.63) is 65.0 Å². The predicted molar refractivity (Wildman–Crippen MR) is 137 cm³/mol. The molecule has 3 heterocycles. The smallest absolute Gasteiger partial charge is 0.337 e. The Kier molecular flexibility index (Phi) is 5.72. The van der Waals surface area contributed by atoms with Crippen molar-refractivity contribution in [1.29, 1.82) is 0 Å². The number of carboxylic acids is 1. The van der Waals surface area contributed by atoms with Crippen LogP contribution in [0.5, 0.6) is 5.75 Å². The fourth-order valence-electron chi connectivity index (χ4n) is 4.89. The summed E-state index contributed by atoms with van der Waals surface area (Å²) in [7, 11) is 0. The Morgan fingerprint density at radius 2 is 2.00 bits per heavy atom. The number of benzene rings is 2. The molecule has 0 aliphatic carbocycles. The molecule has 4 aromatic rings. The molecule has 180 valence electrons. The van der Waals surface area contributed by atoms with Gasteiger partial charge < -0.3 is 14.6 Å². The summed E-state index contributed by atoms with van der Waals surface area (Å²) in [6, 6.07) is 11.9. The molecule has 6 heteroatoms. The average molecular weight is 471 g/mol. The lowest BCUT2D eigenvalue weighted by Crippen LogP contribution is -2.30. The van der Waals surface area contributed by atoms with Crippen molar-refractivity contribution in [2.75, 3.05) is 6.61 Å². The van der Waals surface area contributed by atoms with E-state index in [2.05, 4.69) is 0 Å². The molecular weight excluding hydrogens is 440 g/mol. The monoisotopic (exact) mass is 470 g/mol. The van der Waals surface area contributed by atoms with Crippen LogP contribution >= 0.6 is 0 Å². The molecule has 0 saturated carbocycles. The minimum absolute atomic E-state index is 0.612. The van der Waals surface area contributed by atoms with Gasteiger partial charge in [0, 0.05) is 40.2 Å². The number of carbonyl (C=O) groups is 1. The Balaban J connectivity index is 1.89. The van der Waals surface area contributed by atoms with E-state index in [0.717, 1.165) is 56.4 Å². The summed E-state index contributed by atoms with van der Waals surface area (Å²) < 4.78 is 12.2. The van der Waals surface area contributed by atoms with Crippen LogP contribution in [-0.4, -0.2) is 33.3 Å². The van der Waals surface area contributed by atoms with Crippen LogP contribution in [0, 0.1) is 13.8 Å². The van der Waals surface area contributed by atoms with Gasteiger partial charge in [-0.25, -0.2) is 4.79 Å². The first-order chi connectivity index (χ1) is 16.7. The number of hydrogen-bond donors (Lipinski definition) is 1. The van der Waals surface area contributed by atoms with Gasteiger partial charge in [-0.05, 0) is 81.1 Å². The molecule has 0 bridgehead atoms. The number of aryl methyl sites for hydroxylation is 2. The number of hydrogen-bond acceptors (Lipinski definition) is 5. The van der Waals surface area contributed by atoms with Gasteiger partial charge in [-0.3, -0.25) is 9.97 Å². The standard InChI is InChI=1S/C29H30N2O4/c1-6-29(4,5)35-27(28(32)33)23-16(2)15-21-19(8-7-17(3)31-21)25(23)20-9-10-22-24-18(12-14-34-22)11-13-30-26(20)24/h7-11,13,15,27H,6,12,14H2,1-5H3,(H,32,33)/t27-/m0/s1. The number of rotatable bonds is 6. The fraction of sp³-hybridized carbons (Fsp3) is 0.345. The third-order valence-corrected chi connectivity index (χ3v) is 6.99. The molecule has 1 N–H and O–H groups in total. The molecule has 0 amide bonds. The van der Waals surface area contributed by atoms with Crippen LogP contribution in [-0.2, 0) is 16.0 Å². The second-order valence-corrected chi connectivity index (χ2v) is 9.85. The zero-order valence-electron chi connectivity index (χ0n) is 20.8. The summed E-state index contributed by atoms with van der Waals surface area (Å²) in [6.07, 6.45) is 2.16. The van der Waals surface area contributed by atoms with E-state index in [0.29, 0.717) is 18.6 Å². The highest BCUT2D eigenvalue weighted by Crippen LogP contribution is 2.45. The molecule has 1 aliphatic heterocycles. The molecule has 0 radical (unpaired) electrons. The van der Waals surface area contributed by atoms with Gasteiger partial charge >= 0.3 is 5.97 Å². The molecule has 0 saturated heterocycles. The number of aromatic nitrogens is 2. The molecule has 2 aromatic heterocycles. The van der Waals surface area contributed by atoms with Gasteiger partial charge in [-0.15, -0.1) is 0 Å². The lowest BCUT2D eigenvalue weighted by molar-refractivity contribution is -0.162. The topological polar surface area (TPSA) is 81.5 Å². The quantitative estimate of drug-likeness (QED) is 0.354. The maximum absolute atomic E-state index is 12.7. The highest BCUT2D eigenvalue weighted by Gasteiger charge is 2.33. The maximum atomic E-state index is 12.7. The summed E-state index contributed by atoms with van der Waals surface area (Å²) in [6.45, 7) is 10.4. The van der Waals surface area contributed by atoms with E-state index in [1.54, 1.807) is 0 Å². The van der Waals surface area contributed by atoms with Gasteiger partial charge in [0.05, 0.1) is 23.2 Å². The third-order valence-electron chi connectivity index (χ3n) is 6.99. The number of fused-ring (bicyclic) bond motifs is 1. The minimum Gasteiger partial charge on any atom is -0.493 e. The Labute approximate surface area is 204 Å². The number of aliphatic carboxylic acids is 1. The van der Waals surface area contributed by atoms with Gasteiger partial charge in [0.15, 0.2) is 6.10 Å². The highest BCUT2D eigenvalue weighted by atomic mass is 16.5. The first-order valence-electron chi connectivity index (χ1n) is 12.1. The van der Waals surface area contributed by atoms with E-state index in [1.165, 1.54) is 5.56 Å². The van der Waals surface area contributed by atoms with E-state index in [1.807, 2.05) is 77.2 Å². The van der Waals surface area contributed by atoms with Crippen molar-refractivity contribution >= 4 is 27.8 Å². The van der Waals surface area contributed by atoms with Crippen LogP contribution in [0.1, 0.15) is 55.7 Å². The molecule has 0 spiro atoms. The molecule has 1 atom stereocenters. The van der Waals surface area contributed by atoms with Gasteiger partial charge in [0.1, 0.15) is 5.75 Å². The summed E-state index contributed by atoms with van der Waals surface area (Å²) in [5.41, 5.74) is 6.20. The summed E-state index contributed by atoms with van der Waals surface area (Å²) in [4.78, 5) is 22.2. The van der Waals surface area contributed by atoms with Crippen molar-refractivity contribution in [2.24, 2.45) is 0 Å². The SMILES string of the molecule is CCC(C)(C)O[C@H](C(=O)O)c1c(C)cc2nc(C)ccc2c1-c1ccc2c3c(ccnc13)CCO2. The number of pyridine rings is 2. The normalized spacial score (nSPS) is 14.2. The third kappa shape index (κ3) is 4.02. The van der Waals surface area contributed by atoms with Crippen LogP contribution in [0.25, 0.3) is 32.9 Å². The molecule has 0 unspecified atom stereocenters. The van der Waals surface area contributed by atoms with Crippen molar-refractivity contribution < 1.29 is 19.4 Å².